The lowest BCUT2D eigenvalue weighted by Gasteiger charge is -2.18. The fourth-order valence-corrected chi connectivity index (χ4v) is 9.06. The highest BCUT2D eigenvalue weighted by molar-refractivity contribution is 5.71. The number of allylic oxidation sites excluding steroid dienone is 18. The average molecular weight is 1080 g/mol. The molecule has 0 aliphatic rings. The van der Waals surface area contributed by atoms with E-state index in [4.69, 9.17) is 14.2 Å². The van der Waals surface area contributed by atoms with Gasteiger partial charge in [-0.15, -0.1) is 0 Å². The first kappa shape index (κ1) is 74.1. The molecule has 78 heavy (non-hydrogen) atoms. The standard InChI is InChI=1S/C72H122O6/c1-4-7-10-13-16-19-22-25-28-31-33-34-35-36-37-38-39-42-44-47-50-53-56-59-62-65-71(74)77-68-69(67-76-70(73)64-61-58-55-52-49-46-43-40-30-27-24-21-18-15-12-9-6-3)78-72(75)66-63-60-57-54-51-48-45-41-32-29-26-23-20-17-14-11-8-5-2/h7,10,16,19-20,23,25,27-30,32-34,36-37,39,42,69H,4-6,8-9,11-15,17-18,21-22,24,26,31,35,38,40-41,43-68H2,1-3H3/b10-7-,19-16-,23-20-,28-25-,30-27-,32-29-,34-33-,37-36-,42-39-. The Kier molecular flexibility index (Phi) is 62.3. The molecular weight excluding hydrogens is 961 g/mol. The maximum Gasteiger partial charge on any atom is 0.306 e. The molecule has 0 saturated heterocycles. The molecule has 6 heteroatoms. The average Bonchev–Trinajstić information content (AvgIpc) is 3.44. The Morgan fingerprint density at radius 2 is 0.500 bits per heavy atom. The quantitative estimate of drug-likeness (QED) is 0.0261. The molecule has 0 aromatic carbocycles. The van der Waals surface area contributed by atoms with Crippen molar-refractivity contribution in [2.24, 2.45) is 0 Å². The Hall–Kier alpha value is -3.93. The van der Waals surface area contributed by atoms with Gasteiger partial charge in [-0.2, -0.15) is 0 Å². The van der Waals surface area contributed by atoms with Gasteiger partial charge in [0.25, 0.3) is 0 Å². The van der Waals surface area contributed by atoms with Gasteiger partial charge in [-0.05, 0) is 128 Å². The van der Waals surface area contributed by atoms with Crippen molar-refractivity contribution in [2.75, 3.05) is 13.2 Å². The summed E-state index contributed by atoms with van der Waals surface area (Å²) in [5.74, 6) is -0.906. The third-order valence-corrected chi connectivity index (χ3v) is 14.0. The highest BCUT2D eigenvalue weighted by atomic mass is 16.6. The topological polar surface area (TPSA) is 78.9 Å². The second-order valence-electron chi connectivity index (χ2n) is 21.6. The molecule has 0 heterocycles. The summed E-state index contributed by atoms with van der Waals surface area (Å²) in [5, 5.41) is 0. The van der Waals surface area contributed by atoms with Crippen molar-refractivity contribution in [1.82, 2.24) is 0 Å². The zero-order valence-corrected chi connectivity index (χ0v) is 51.2. The molecule has 446 valence electrons. The van der Waals surface area contributed by atoms with Crippen LogP contribution in [0.3, 0.4) is 0 Å². The first-order chi connectivity index (χ1) is 38.5. The van der Waals surface area contributed by atoms with E-state index in [0.29, 0.717) is 19.3 Å². The third-order valence-electron chi connectivity index (χ3n) is 14.0. The van der Waals surface area contributed by atoms with E-state index in [1.807, 2.05) is 0 Å². The van der Waals surface area contributed by atoms with Crippen LogP contribution in [0.1, 0.15) is 310 Å². The number of unbranched alkanes of at least 4 members (excludes halogenated alkanes) is 30. The van der Waals surface area contributed by atoms with Gasteiger partial charge in [0.2, 0.25) is 0 Å². The van der Waals surface area contributed by atoms with E-state index in [1.54, 1.807) is 0 Å². The fraction of sp³-hybridized carbons (Fsp3) is 0.708. The van der Waals surface area contributed by atoms with Crippen LogP contribution in [0.25, 0.3) is 0 Å². The van der Waals surface area contributed by atoms with E-state index in [-0.39, 0.29) is 31.1 Å². The first-order valence-electron chi connectivity index (χ1n) is 32.9. The van der Waals surface area contributed by atoms with Gasteiger partial charge in [0.05, 0.1) is 0 Å². The number of esters is 3. The number of rotatable bonds is 59. The van der Waals surface area contributed by atoms with Crippen molar-refractivity contribution in [2.45, 2.75) is 316 Å². The maximum atomic E-state index is 12.9. The number of ether oxygens (including phenoxy) is 3. The normalized spacial score (nSPS) is 12.8. The van der Waals surface area contributed by atoms with Gasteiger partial charge >= 0.3 is 17.9 Å². The molecule has 0 spiro atoms. The SMILES string of the molecule is CC/C=C\C/C=C\C/C=C\C/C=C\C/C=C\C/C=C\CCCCCCCCC(=O)OCC(COC(=O)CCCCCCCCC/C=C\CCCCCCCC)OC(=O)CCCCCCCCC/C=C\C/C=C\CCCCCC. The zero-order valence-electron chi connectivity index (χ0n) is 51.2. The minimum Gasteiger partial charge on any atom is -0.462 e. The van der Waals surface area contributed by atoms with Crippen molar-refractivity contribution in [3.8, 4) is 0 Å². The maximum absolute atomic E-state index is 12.9. The van der Waals surface area contributed by atoms with Crippen molar-refractivity contribution in [3.05, 3.63) is 109 Å². The molecule has 0 radical (unpaired) electrons. The Morgan fingerprint density at radius 3 is 0.808 bits per heavy atom. The van der Waals surface area contributed by atoms with E-state index >= 15 is 0 Å². The van der Waals surface area contributed by atoms with E-state index in [1.165, 1.54) is 148 Å². The molecule has 0 fully saturated rings. The fourth-order valence-electron chi connectivity index (χ4n) is 9.06. The van der Waals surface area contributed by atoms with E-state index < -0.39 is 6.10 Å². The summed E-state index contributed by atoms with van der Waals surface area (Å²) in [7, 11) is 0. The second-order valence-corrected chi connectivity index (χ2v) is 21.6. The van der Waals surface area contributed by atoms with Crippen LogP contribution in [-0.2, 0) is 28.6 Å². The van der Waals surface area contributed by atoms with Crippen LogP contribution in [0.5, 0.6) is 0 Å². The van der Waals surface area contributed by atoms with E-state index in [2.05, 4.69) is 130 Å². The summed E-state index contributed by atoms with van der Waals surface area (Å²) in [5.41, 5.74) is 0. The minimum absolute atomic E-state index is 0.0884. The molecule has 0 N–H and O–H groups in total. The van der Waals surface area contributed by atoms with Gasteiger partial charge in [-0.1, -0.05) is 271 Å². The van der Waals surface area contributed by atoms with Crippen LogP contribution < -0.4 is 0 Å². The Morgan fingerprint density at radius 1 is 0.269 bits per heavy atom. The smallest absolute Gasteiger partial charge is 0.306 e. The molecule has 0 aliphatic carbocycles. The summed E-state index contributed by atoms with van der Waals surface area (Å²) in [6, 6.07) is 0. The lowest BCUT2D eigenvalue weighted by atomic mass is 10.1. The molecule has 0 saturated carbocycles. The van der Waals surface area contributed by atoms with Crippen molar-refractivity contribution < 1.29 is 28.6 Å². The number of hydrogen-bond donors (Lipinski definition) is 0. The molecule has 0 aromatic rings. The van der Waals surface area contributed by atoms with Crippen molar-refractivity contribution >= 4 is 17.9 Å². The number of hydrogen-bond acceptors (Lipinski definition) is 6. The molecule has 6 nitrogen and oxygen atoms in total. The Labute approximate surface area is 482 Å². The molecule has 0 aromatic heterocycles. The molecular formula is C72H122O6. The highest BCUT2D eigenvalue weighted by Gasteiger charge is 2.19. The van der Waals surface area contributed by atoms with Gasteiger partial charge in [-0.25, -0.2) is 0 Å². The molecule has 0 aliphatic heterocycles. The van der Waals surface area contributed by atoms with Crippen LogP contribution in [0.2, 0.25) is 0 Å². The predicted octanol–water partition coefficient (Wildman–Crippen LogP) is 22.6. The lowest BCUT2D eigenvalue weighted by Crippen LogP contribution is -2.30. The summed E-state index contributed by atoms with van der Waals surface area (Å²) >= 11 is 0. The third kappa shape index (κ3) is 62.9. The minimum atomic E-state index is -0.794. The number of carbonyl (C=O) groups is 3. The Balaban J connectivity index is 4.42. The van der Waals surface area contributed by atoms with E-state index in [9.17, 15) is 14.4 Å². The summed E-state index contributed by atoms with van der Waals surface area (Å²) in [6.45, 7) is 6.51. The molecule has 0 bridgehead atoms. The number of carbonyl (C=O) groups excluding carboxylic acids is 3. The van der Waals surface area contributed by atoms with Gasteiger partial charge in [0, 0.05) is 19.3 Å². The van der Waals surface area contributed by atoms with Crippen molar-refractivity contribution in [3.63, 3.8) is 0 Å². The summed E-state index contributed by atoms with van der Waals surface area (Å²) < 4.78 is 16.9. The van der Waals surface area contributed by atoms with Crippen molar-refractivity contribution in [1.29, 1.82) is 0 Å². The van der Waals surface area contributed by atoms with Crippen LogP contribution in [-0.4, -0.2) is 37.2 Å². The molecule has 0 rings (SSSR count). The van der Waals surface area contributed by atoms with Gasteiger partial charge in [-0.3, -0.25) is 14.4 Å². The van der Waals surface area contributed by atoms with Crippen LogP contribution in [0.15, 0.2) is 109 Å². The van der Waals surface area contributed by atoms with Crippen LogP contribution in [0.4, 0.5) is 0 Å². The largest absolute Gasteiger partial charge is 0.462 e. The zero-order chi connectivity index (χ0) is 56.4. The molecule has 0 amide bonds. The van der Waals surface area contributed by atoms with Gasteiger partial charge in [0.1, 0.15) is 13.2 Å². The first-order valence-corrected chi connectivity index (χ1v) is 32.9. The van der Waals surface area contributed by atoms with Gasteiger partial charge < -0.3 is 14.2 Å². The second kappa shape index (κ2) is 65.6. The molecule has 1 atom stereocenters. The van der Waals surface area contributed by atoms with Crippen LogP contribution in [0, 0.1) is 0 Å². The highest BCUT2D eigenvalue weighted by Crippen LogP contribution is 2.15. The lowest BCUT2D eigenvalue weighted by molar-refractivity contribution is -0.167. The van der Waals surface area contributed by atoms with E-state index in [0.717, 1.165) is 122 Å². The summed E-state index contributed by atoms with van der Waals surface area (Å²) in [4.78, 5) is 38.4. The Bertz CT molecular complexity index is 1570. The van der Waals surface area contributed by atoms with Gasteiger partial charge in [0.15, 0.2) is 6.10 Å². The monoisotopic (exact) mass is 1080 g/mol. The molecule has 1 unspecified atom stereocenters. The predicted molar refractivity (Wildman–Crippen MR) is 339 cm³/mol. The van der Waals surface area contributed by atoms with Crippen LogP contribution >= 0.6 is 0 Å². The summed E-state index contributed by atoms with van der Waals surface area (Å²) in [6.07, 6.45) is 89.4.